The van der Waals surface area contributed by atoms with Crippen LogP contribution in [0.1, 0.15) is 24.0 Å². The smallest absolute Gasteiger partial charge is 0.406 e. The molecule has 0 radical (unpaired) electrons. The normalized spacial score (nSPS) is 22.6. The van der Waals surface area contributed by atoms with E-state index < -0.39 is 18.1 Å². The fourth-order valence-electron chi connectivity index (χ4n) is 4.89. The Bertz CT molecular complexity index is 889. The molecule has 1 N–H and O–H groups in total. The van der Waals surface area contributed by atoms with Gasteiger partial charge in [-0.05, 0) is 36.0 Å². The Morgan fingerprint density at radius 1 is 0.970 bits per heavy atom. The molecule has 2 aliphatic heterocycles. The van der Waals surface area contributed by atoms with Crippen molar-refractivity contribution in [1.29, 1.82) is 0 Å². The first kappa shape index (κ1) is 24.0. The van der Waals surface area contributed by atoms with Crippen LogP contribution in [-0.4, -0.2) is 61.0 Å². The molecular weight excluding hydrogens is 435 g/mol. The molecule has 0 bridgehead atoms. The molecule has 0 amide bonds. The van der Waals surface area contributed by atoms with Gasteiger partial charge < -0.3 is 19.3 Å². The molecule has 2 heterocycles. The van der Waals surface area contributed by atoms with Crippen LogP contribution in [0.2, 0.25) is 0 Å². The van der Waals surface area contributed by atoms with Gasteiger partial charge in [0, 0.05) is 39.3 Å². The summed E-state index contributed by atoms with van der Waals surface area (Å²) in [7, 11) is 0. The van der Waals surface area contributed by atoms with Crippen LogP contribution in [-0.2, 0) is 22.4 Å². The molecule has 2 atom stereocenters. The molecule has 0 aliphatic carbocycles. The third-order valence-corrected chi connectivity index (χ3v) is 6.56. The van der Waals surface area contributed by atoms with E-state index in [9.17, 15) is 18.3 Å². The van der Waals surface area contributed by atoms with Crippen LogP contribution in [0.5, 0.6) is 5.75 Å². The Hall–Kier alpha value is -2.13. The number of nitrogens with zero attached hydrogens (tertiary/aromatic N) is 1. The number of alkyl halides is 3. The van der Waals surface area contributed by atoms with E-state index in [1.807, 2.05) is 18.2 Å². The number of para-hydroxylation sites is 1. The van der Waals surface area contributed by atoms with Gasteiger partial charge in [-0.15, -0.1) is 13.2 Å². The lowest BCUT2D eigenvalue weighted by Crippen LogP contribution is -2.59. The van der Waals surface area contributed by atoms with Gasteiger partial charge in [-0.25, -0.2) is 0 Å². The zero-order valence-corrected chi connectivity index (χ0v) is 18.5. The Kier molecular flexibility index (Phi) is 7.58. The predicted molar refractivity (Wildman–Crippen MR) is 117 cm³/mol. The average Bonchev–Trinajstić information content (AvgIpc) is 2.81. The minimum absolute atomic E-state index is 0.00770. The summed E-state index contributed by atoms with van der Waals surface area (Å²) >= 11 is 0. The quantitative estimate of drug-likeness (QED) is 0.665. The molecule has 180 valence electrons. The fraction of sp³-hybridized carbons (Fsp3) is 0.520. The standard InChI is InChI=1S/C25H30F3NO4/c26-25(27,28)33-22-9-5-4-8-20(22)16-24(30,21-10-13-31-14-11-21)23-18-29(12-15-32-23)17-19-6-2-1-3-7-19/h1-9,21,23,30H,10-18H2. The third kappa shape index (κ3) is 6.26. The van der Waals surface area contributed by atoms with Crippen molar-refractivity contribution in [2.45, 2.75) is 43.9 Å². The first-order chi connectivity index (χ1) is 15.8. The van der Waals surface area contributed by atoms with Crippen LogP contribution >= 0.6 is 0 Å². The van der Waals surface area contributed by atoms with Gasteiger partial charge in [0.05, 0.1) is 18.3 Å². The lowest BCUT2D eigenvalue weighted by molar-refractivity contribution is -0.275. The molecule has 5 nitrogen and oxygen atoms in total. The van der Waals surface area contributed by atoms with E-state index in [-0.39, 0.29) is 18.1 Å². The number of rotatable bonds is 7. The first-order valence-corrected chi connectivity index (χ1v) is 11.4. The van der Waals surface area contributed by atoms with Gasteiger partial charge in [-0.2, -0.15) is 0 Å². The molecule has 33 heavy (non-hydrogen) atoms. The lowest BCUT2D eigenvalue weighted by Gasteiger charge is -2.47. The second-order valence-corrected chi connectivity index (χ2v) is 8.79. The van der Waals surface area contributed by atoms with Gasteiger partial charge in [-0.1, -0.05) is 48.5 Å². The van der Waals surface area contributed by atoms with E-state index >= 15 is 0 Å². The zero-order valence-electron chi connectivity index (χ0n) is 18.5. The molecule has 0 aromatic heterocycles. The maximum atomic E-state index is 13.0. The molecule has 0 saturated carbocycles. The van der Waals surface area contributed by atoms with E-state index in [1.54, 1.807) is 12.1 Å². The van der Waals surface area contributed by atoms with Crippen LogP contribution < -0.4 is 4.74 Å². The second-order valence-electron chi connectivity index (χ2n) is 8.79. The van der Waals surface area contributed by atoms with Gasteiger partial charge >= 0.3 is 6.36 Å². The number of benzene rings is 2. The minimum Gasteiger partial charge on any atom is -0.406 e. The highest BCUT2D eigenvalue weighted by atomic mass is 19.4. The van der Waals surface area contributed by atoms with E-state index in [1.165, 1.54) is 12.1 Å². The van der Waals surface area contributed by atoms with Crippen molar-refractivity contribution < 1.29 is 32.5 Å². The van der Waals surface area contributed by atoms with Crippen LogP contribution in [0.25, 0.3) is 0 Å². The van der Waals surface area contributed by atoms with Crippen molar-refractivity contribution in [3.05, 3.63) is 65.7 Å². The molecular formula is C25H30F3NO4. The summed E-state index contributed by atoms with van der Waals surface area (Å²) in [5, 5.41) is 12.1. The molecule has 4 rings (SSSR count). The summed E-state index contributed by atoms with van der Waals surface area (Å²) in [4.78, 5) is 2.23. The Balaban J connectivity index is 1.58. The fourth-order valence-corrected chi connectivity index (χ4v) is 4.89. The Morgan fingerprint density at radius 3 is 2.39 bits per heavy atom. The van der Waals surface area contributed by atoms with Gasteiger partial charge in [0.25, 0.3) is 0 Å². The molecule has 2 fully saturated rings. The summed E-state index contributed by atoms with van der Waals surface area (Å²) in [6.45, 7) is 3.40. The van der Waals surface area contributed by atoms with E-state index in [2.05, 4.69) is 21.8 Å². The van der Waals surface area contributed by atoms with Crippen molar-refractivity contribution in [2.24, 2.45) is 5.92 Å². The largest absolute Gasteiger partial charge is 0.573 e. The van der Waals surface area contributed by atoms with Crippen molar-refractivity contribution in [2.75, 3.05) is 32.9 Å². The highest BCUT2D eigenvalue weighted by Crippen LogP contribution is 2.39. The van der Waals surface area contributed by atoms with Gasteiger partial charge in [-0.3, -0.25) is 4.90 Å². The number of halogens is 3. The van der Waals surface area contributed by atoms with Crippen LogP contribution in [0.3, 0.4) is 0 Å². The number of hydrogen-bond donors (Lipinski definition) is 1. The molecule has 2 aliphatic rings. The number of morpholine rings is 1. The van der Waals surface area contributed by atoms with Crippen molar-refractivity contribution in [3.63, 3.8) is 0 Å². The highest BCUT2D eigenvalue weighted by molar-refractivity contribution is 5.35. The third-order valence-electron chi connectivity index (χ3n) is 6.56. The Morgan fingerprint density at radius 2 is 1.67 bits per heavy atom. The Labute approximate surface area is 192 Å². The average molecular weight is 466 g/mol. The van der Waals surface area contributed by atoms with E-state index in [0.29, 0.717) is 44.8 Å². The van der Waals surface area contributed by atoms with Crippen LogP contribution in [0.15, 0.2) is 54.6 Å². The summed E-state index contributed by atoms with van der Waals surface area (Å²) in [6, 6.07) is 16.1. The SMILES string of the molecule is OC(Cc1ccccc1OC(F)(F)F)(C1CCOCC1)C1CN(Cc2ccccc2)CCO1. The van der Waals surface area contributed by atoms with Crippen molar-refractivity contribution in [3.8, 4) is 5.75 Å². The summed E-state index contributed by atoms with van der Waals surface area (Å²) in [5.74, 6) is -0.445. The van der Waals surface area contributed by atoms with E-state index in [0.717, 1.165) is 18.7 Å². The minimum atomic E-state index is -4.80. The molecule has 2 aromatic carbocycles. The monoisotopic (exact) mass is 465 g/mol. The predicted octanol–water partition coefficient (Wildman–Crippen LogP) is 4.19. The number of aliphatic hydroxyl groups is 1. The summed E-state index contributed by atoms with van der Waals surface area (Å²) < 4.78 is 54.8. The maximum Gasteiger partial charge on any atom is 0.573 e. The van der Waals surface area contributed by atoms with Gasteiger partial charge in [0.2, 0.25) is 0 Å². The molecule has 0 spiro atoms. The molecule has 2 saturated heterocycles. The molecule has 2 aromatic rings. The van der Waals surface area contributed by atoms with Crippen molar-refractivity contribution >= 4 is 0 Å². The number of hydrogen-bond acceptors (Lipinski definition) is 5. The van der Waals surface area contributed by atoms with Gasteiger partial charge in [0.1, 0.15) is 5.75 Å². The molecule has 8 heteroatoms. The summed E-state index contributed by atoms with van der Waals surface area (Å²) in [5.41, 5.74) is 0.119. The van der Waals surface area contributed by atoms with Crippen LogP contribution in [0.4, 0.5) is 13.2 Å². The highest BCUT2D eigenvalue weighted by Gasteiger charge is 2.47. The van der Waals surface area contributed by atoms with Crippen molar-refractivity contribution in [1.82, 2.24) is 4.90 Å². The first-order valence-electron chi connectivity index (χ1n) is 11.4. The topological polar surface area (TPSA) is 51.2 Å². The second kappa shape index (κ2) is 10.4. The lowest BCUT2D eigenvalue weighted by atomic mass is 9.73. The maximum absolute atomic E-state index is 13.0. The van der Waals surface area contributed by atoms with E-state index in [4.69, 9.17) is 9.47 Å². The summed E-state index contributed by atoms with van der Waals surface area (Å²) in [6.07, 6.45) is -4.10. The van der Waals surface area contributed by atoms with Crippen LogP contribution in [0, 0.1) is 5.92 Å². The number of ether oxygens (including phenoxy) is 3. The van der Waals surface area contributed by atoms with Gasteiger partial charge in [0.15, 0.2) is 0 Å². The molecule has 2 unspecified atom stereocenters. The zero-order chi connectivity index (χ0) is 23.3.